The Morgan fingerprint density at radius 1 is 1.21 bits per heavy atom. The van der Waals surface area contributed by atoms with Crippen LogP contribution in [0.2, 0.25) is 0 Å². The van der Waals surface area contributed by atoms with E-state index in [0.29, 0.717) is 25.5 Å². The Morgan fingerprint density at radius 3 is 2.96 bits per heavy atom. The van der Waals surface area contributed by atoms with Gasteiger partial charge in [-0.05, 0) is 54.7 Å². The Hall–Kier alpha value is -2.40. The van der Waals surface area contributed by atoms with Crippen molar-refractivity contribution in [2.75, 3.05) is 25.4 Å². The number of benzene rings is 1. The molecule has 0 bridgehead atoms. The molecule has 1 aromatic carbocycles. The van der Waals surface area contributed by atoms with Crippen molar-refractivity contribution in [2.45, 2.75) is 25.4 Å². The first-order valence-corrected chi connectivity index (χ1v) is 8.46. The van der Waals surface area contributed by atoms with Crippen molar-refractivity contribution < 1.29 is 9.53 Å². The fourth-order valence-electron chi connectivity index (χ4n) is 3.55. The summed E-state index contributed by atoms with van der Waals surface area (Å²) in [6, 6.07) is 11.6. The standard InChI is InChI=1S/C19H21N3O2/c20-18-6-2-5-16(21-18)17-12-22(9-10-24-17)19(23)15-8-7-13-3-1-4-14(13)11-15/h2,5-8,11,17H,1,3-4,9-10,12H2,(H2,20,21)/t17-/m0/s1. The summed E-state index contributed by atoms with van der Waals surface area (Å²) in [7, 11) is 0. The molecule has 1 amide bonds. The van der Waals surface area contributed by atoms with Crippen molar-refractivity contribution >= 4 is 11.7 Å². The molecule has 2 N–H and O–H groups in total. The number of ether oxygens (including phenoxy) is 1. The highest BCUT2D eigenvalue weighted by atomic mass is 16.5. The number of fused-ring (bicyclic) bond motifs is 1. The summed E-state index contributed by atoms with van der Waals surface area (Å²) in [5.74, 6) is 0.542. The summed E-state index contributed by atoms with van der Waals surface area (Å²) in [6.07, 6.45) is 3.17. The van der Waals surface area contributed by atoms with Gasteiger partial charge in [0.2, 0.25) is 0 Å². The summed E-state index contributed by atoms with van der Waals surface area (Å²) in [4.78, 5) is 19.1. The minimum atomic E-state index is -0.222. The number of morpholine rings is 1. The Morgan fingerprint density at radius 2 is 2.08 bits per heavy atom. The number of aryl methyl sites for hydroxylation is 2. The second kappa shape index (κ2) is 6.24. The summed E-state index contributed by atoms with van der Waals surface area (Å²) >= 11 is 0. The van der Waals surface area contributed by atoms with Crippen LogP contribution in [0, 0.1) is 0 Å². The smallest absolute Gasteiger partial charge is 0.254 e. The molecule has 1 saturated heterocycles. The third-order valence-electron chi connectivity index (χ3n) is 4.82. The van der Waals surface area contributed by atoms with E-state index < -0.39 is 0 Å². The van der Waals surface area contributed by atoms with Crippen LogP contribution in [-0.4, -0.2) is 35.5 Å². The minimum absolute atomic E-state index is 0.0712. The maximum atomic E-state index is 12.9. The van der Waals surface area contributed by atoms with Gasteiger partial charge < -0.3 is 15.4 Å². The van der Waals surface area contributed by atoms with E-state index in [2.05, 4.69) is 17.1 Å². The fourth-order valence-corrected chi connectivity index (χ4v) is 3.55. The van der Waals surface area contributed by atoms with Crippen LogP contribution in [0.5, 0.6) is 0 Å². The lowest BCUT2D eigenvalue weighted by atomic mass is 10.0. The average Bonchev–Trinajstić information content (AvgIpc) is 3.09. The van der Waals surface area contributed by atoms with Gasteiger partial charge in [-0.15, -0.1) is 0 Å². The predicted molar refractivity (Wildman–Crippen MR) is 91.7 cm³/mol. The topological polar surface area (TPSA) is 68.5 Å². The Balaban J connectivity index is 1.52. The largest absolute Gasteiger partial charge is 0.384 e. The molecule has 0 spiro atoms. The van der Waals surface area contributed by atoms with Crippen molar-refractivity contribution in [1.29, 1.82) is 0 Å². The highest BCUT2D eigenvalue weighted by Gasteiger charge is 2.27. The lowest BCUT2D eigenvalue weighted by Gasteiger charge is -2.33. The van der Waals surface area contributed by atoms with Crippen LogP contribution in [0.25, 0.3) is 0 Å². The van der Waals surface area contributed by atoms with E-state index in [0.717, 1.165) is 24.1 Å². The van der Waals surface area contributed by atoms with Crippen molar-refractivity contribution in [3.8, 4) is 0 Å². The van der Waals surface area contributed by atoms with Crippen LogP contribution < -0.4 is 5.73 Å². The normalized spacial score (nSPS) is 20.0. The molecule has 5 nitrogen and oxygen atoms in total. The minimum Gasteiger partial charge on any atom is -0.384 e. The Bertz CT molecular complexity index is 775. The number of anilines is 1. The van der Waals surface area contributed by atoms with Gasteiger partial charge in [-0.2, -0.15) is 0 Å². The van der Waals surface area contributed by atoms with Gasteiger partial charge in [-0.3, -0.25) is 4.79 Å². The first kappa shape index (κ1) is 15.1. The molecule has 1 atom stereocenters. The summed E-state index contributed by atoms with van der Waals surface area (Å²) in [6.45, 7) is 1.62. The zero-order valence-corrected chi connectivity index (χ0v) is 13.6. The summed E-state index contributed by atoms with van der Waals surface area (Å²) in [5, 5.41) is 0. The Labute approximate surface area is 141 Å². The van der Waals surface area contributed by atoms with E-state index in [-0.39, 0.29) is 12.0 Å². The molecule has 2 heterocycles. The van der Waals surface area contributed by atoms with E-state index in [9.17, 15) is 4.79 Å². The molecular weight excluding hydrogens is 302 g/mol. The number of aromatic nitrogens is 1. The average molecular weight is 323 g/mol. The zero-order chi connectivity index (χ0) is 16.5. The third kappa shape index (κ3) is 2.87. The van der Waals surface area contributed by atoms with Gasteiger partial charge in [-0.1, -0.05) is 12.1 Å². The van der Waals surface area contributed by atoms with Crippen LogP contribution in [0.4, 0.5) is 5.82 Å². The second-order valence-corrected chi connectivity index (χ2v) is 6.43. The van der Waals surface area contributed by atoms with Gasteiger partial charge in [0.15, 0.2) is 0 Å². The number of nitrogen functional groups attached to an aromatic ring is 1. The number of hydrogen-bond acceptors (Lipinski definition) is 4. The quantitative estimate of drug-likeness (QED) is 0.921. The number of nitrogens with zero attached hydrogens (tertiary/aromatic N) is 2. The third-order valence-corrected chi connectivity index (χ3v) is 4.82. The van der Waals surface area contributed by atoms with Crippen molar-refractivity contribution in [1.82, 2.24) is 9.88 Å². The summed E-state index contributed by atoms with van der Waals surface area (Å²) in [5.41, 5.74) is 10.0. The second-order valence-electron chi connectivity index (χ2n) is 6.43. The molecule has 124 valence electrons. The molecule has 1 aromatic heterocycles. The molecule has 1 fully saturated rings. The number of carbonyl (C=O) groups excluding carboxylic acids is 1. The van der Waals surface area contributed by atoms with Gasteiger partial charge in [0, 0.05) is 12.1 Å². The molecule has 4 rings (SSSR count). The first-order valence-electron chi connectivity index (χ1n) is 8.46. The van der Waals surface area contributed by atoms with Crippen LogP contribution in [0.3, 0.4) is 0 Å². The number of rotatable bonds is 2. The molecule has 2 aromatic rings. The van der Waals surface area contributed by atoms with E-state index in [1.54, 1.807) is 6.07 Å². The van der Waals surface area contributed by atoms with Crippen molar-refractivity contribution in [2.24, 2.45) is 0 Å². The maximum Gasteiger partial charge on any atom is 0.254 e. The molecule has 1 aliphatic carbocycles. The van der Waals surface area contributed by atoms with Crippen LogP contribution in [0.15, 0.2) is 36.4 Å². The lowest BCUT2D eigenvalue weighted by molar-refractivity contribution is -0.0246. The number of carbonyl (C=O) groups is 1. The molecule has 1 aliphatic heterocycles. The van der Waals surface area contributed by atoms with E-state index in [1.807, 2.05) is 23.1 Å². The number of hydrogen-bond donors (Lipinski definition) is 1. The van der Waals surface area contributed by atoms with E-state index >= 15 is 0 Å². The van der Waals surface area contributed by atoms with Gasteiger partial charge in [0.1, 0.15) is 11.9 Å². The molecular formula is C19H21N3O2. The highest BCUT2D eigenvalue weighted by molar-refractivity contribution is 5.94. The molecule has 0 saturated carbocycles. The molecule has 2 aliphatic rings. The molecule has 24 heavy (non-hydrogen) atoms. The maximum absolute atomic E-state index is 12.9. The summed E-state index contributed by atoms with van der Waals surface area (Å²) < 4.78 is 5.80. The SMILES string of the molecule is Nc1cccc([C@@H]2CN(C(=O)c3ccc4c(c3)CCC4)CCO2)n1. The van der Waals surface area contributed by atoms with Crippen LogP contribution in [-0.2, 0) is 17.6 Å². The van der Waals surface area contributed by atoms with Gasteiger partial charge in [0.25, 0.3) is 5.91 Å². The molecule has 0 unspecified atom stereocenters. The van der Waals surface area contributed by atoms with Crippen LogP contribution in [0.1, 0.15) is 39.7 Å². The van der Waals surface area contributed by atoms with E-state index in [4.69, 9.17) is 10.5 Å². The Kier molecular flexibility index (Phi) is 3.94. The number of amides is 1. The fraction of sp³-hybridized carbons (Fsp3) is 0.368. The lowest BCUT2D eigenvalue weighted by Crippen LogP contribution is -2.42. The van der Waals surface area contributed by atoms with Gasteiger partial charge in [-0.25, -0.2) is 4.98 Å². The first-order chi connectivity index (χ1) is 11.7. The van der Waals surface area contributed by atoms with Crippen molar-refractivity contribution in [3.63, 3.8) is 0 Å². The van der Waals surface area contributed by atoms with Gasteiger partial charge in [0.05, 0.1) is 18.8 Å². The zero-order valence-electron chi connectivity index (χ0n) is 13.6. The molecule has 5 heteroatoms. The van der Waals surface area contributed by atoms with Gasteiger partial charge >= 0.3 is 0 Å². The number of pyridine rings is 1. The highest BCUT2D eigenvalue weighted by Crippen LogP contribution is 2.26. The van der Waals surface area contributed by atoms with Crippen LogP contribution >= 0.6 is 0 Å². The monoisotopic (exact) mass is 323 g/mol. The van der Waals surface area contributed by atoms with Crippen molar-refractivity contribution in [3.05, 3.63) is 58.8 Å². The number of nitrogens with two attached hydrogens (primary N) is 1. The predicted octanol–water partition coefficient (Wildman–Crippen LogP) is 2.37. The van der Waals surface area contributed by atoms with E-state index in [1.165, 1.54) is 17.5 Å². The molecule has 0 radical (unpaired) electrons.